The van der Waals surface area contributed by atoms with Gasteiger partial charge in [-0.05, 0) is 69.6 Å². The Kier molecular flexibility index (Phi) is 13.4. The first-order valence-electron chi connectivity index (χ1n) is 13.1. The maximum Gasteiger partial charge on any atom is 0.311 e. The predicted molar refractivity (Wildman–Crippen MR) is 141 cm³/mol. The Morgan fingerprint density at radius 2 is 1.63 bits per heavy atom. The van der Waals surface area contributed by atoms with E-state index < -0.39 is 0 Å². The first-order valence-corrected chi connectivity index (χ1v) is 13.1. The SMILES string of the molecule is CCCCCC=CCCCCC(=O)Oc1ccc(-c2ccc(CCC(C)OC(=O)CC)cc2)nc1. The number of hydrogen-bond acceptors (Lipinski definition) is 5. The highest BCUT2D eigenvalue weighted by atomic mass is 16.5. The lowest BCUT2D eigenvalue weighted by Gasteiger charge is -2.12. The Bertz CT molecular complexity index is 903. The maximum atomic E-state index is 12.1. The van der Waals surface area contributed by atoms with Crippen LogP contribution in [-0.4, -0.2) is 23.0 Å². The van der Waals surface area contributed by atoms with Crippen molar-refractivity contribution in [2.45, 2.75) is 97.5 Å². The molecule has 0 aliphatic rings. The number of carbonyl (C=O) groups is 2. The number of carbonyl (C=O) groups excluding carboxylic acids is 2. The van der Waals surface area contributed by atoms with E-state index in [0.717, 1.165) is 49.8 Å². The fraction of sp³-hybridized carbons (Fsp3) is 0.500. The van der Waals surface area contributed by atoms with Gasteiger partial charge in [-0.2, -0.15) is 0 Å². The number of unbranched alkanes of at least 4 members (excludes halogenated alkanes) is 5. The van der Waals surface area contributed by atoms with Crippen LogP contribution in [0.1, 0.15) is 90.5 Å². The summed E-state index contributed by atoms with van der Waals surface area (Å²) in [5.74, 6) is 0.102. The molecule has 0 bridgehead atoms. The Balaban J connectivity index is 1.71. The number of aromatic nitrogens is 1. The summed E-state index contributed by atoms with van der Waals surface area (Å²) in [4.78, 5) is 27.9. The largest absolute Gasteiger partial charge is 0.463 e. The zero-order valence-corrected chi connectivity index (χ0v) is 21.6. The molecule has 0 aliphatic carbocycles. The van der Waals surface area contributed by atoms with Crippen molar-refractivity contribution in [3.63, 3.8) is 0 Å². The summed E-state index contributed by atoms with van der Waals surface area (Å²) in [6.07, 6.45) is 16.2. The summed E-state index contributed by atoms with van der Waals surface area (Å²) < 4.78 is 10.7. The van der Waals surface area contributed by atoms with E-state index in [0.29, 0.717) is 18.6 Å². The van der Waals surface area contributed by atoms with E-state index in [1.165, 1.54) is 24.8 Å². The lowest BCUT2D eigenvalue weighted by molar-refractivity contribution is -0.148. The first-order chi connectivity index (χ1) is 17.0. The van der Waals surface area contributed by atoms with Crippen molar-refractivity contribution in [1.29, 1.82) is 0 Å². The van der Waals surface area contributed by atoms with Gasteiger partial charge < -0.3 is 9.47 Å². The van der Waals surface area contributed by atoms with E-state index in [4.69, 9.17) is 9.47 Å². The Labute approximate surface area is 211 Å². The molecule has 0 N–H and O–H groups in total. The number of esters is 2. The van der Waals surface area contributed by atoms with Crippen LogP contribution in [0.5, 0.6) is 5.75 Å². The van der Waals surface area contributed by atoms with Gasteiger partial charge in [0.25, 0.3) is 0 Å². The van der Waals surface area contributed by atoms with E-state index in [1.54, 1.807) is 19.2 Å². The molecule has 35 heavy (non-hydrogen) atoms. The van der Waals surface area contributed by atoms with Crippen LogP contribution in [0.3, 0.4) is 0 Å². The zero-order valence-electron chi connectivity index (χ0n) is 21.6. The van der Waals surface area contributed by atoms with Crippen molar-refractivity contribution >= 4 is 11.9 Å². The predicted octanol–water partition coefficient (Wildman–Crippen LogP) is 7.63. The van der Waals surface area contributed by atoms with Gasteiger partial charge in [-0.25, -0.2) is 0 Å². The van der Waals surface area contributed by atoms with Crippen LogP contribution in [-0.2, 0) is 20.7 Å². The molecule has 2 rings (SSSR count). The molecule has 1 heterocycles. The molecule has 1 atom stereocenters. The van der Waals surface area contributed by atoms with E-state index in [2.05, 4.69) is 36.2 Å². The topological polar surface area (TPSA) is 65.5 Å². The van der Waals surface area contributed by atoms with Gasteiger partial charge in [0.15, 0.2) is 0 Å². The summed E-state index contributed by atoms with van der Waals surface area (Å²) in [5.41, 5.74) is 3.01. The first kappa shape index (κ1) is 28.3. The van der Waals surface area contributed by atoms with Crippen molar-refractivity contribution in [1.82, 2.24) is 4.98 Å². The second kappa shape index (κ2) is 16.6. The maximum absolute atomic E-state index is 12.1. The van der Waals surface area contributed by atoms with Crippen LogP contribution in [0.2, 0.25) is 0 Å². The molecule has 0 radical (unpaired) electrons. The summed E-state index contributed by atoms with van der Waals surface area (Å²) in [7, 11) is 0. The lowest BCUT2D eigenvalue weighted by atomic mass is 10.0. The monoisotopic (exact) mass is 479 g/mol. The van der Waals surface area contributed by atoms with Crippen LogP contribution in [0.15, 0.2) is 54.7 Å². The molecule has 1 aromatic heterocycles. The van der Waals surface area contributed by atoms with E-state index in [-0.39, 0.29) is 18.0 Å². The molecule has 0 saturated heterocycles. The summed E-state index contributed by atoms with van der Waals surface area (Å²) in [6.45, 7) is 5.94. The van der Waals surface area contributed by atoms with E-state index in [1.807, 2.05) is 25.1 Å². The van der Waals surface area contributed by atoms with Gasteiger partial charge in [0, 0.05) is 18.4 Å². The molecule has 1 aromatic carbocycles. The van der Waals surface area contributed by atoms with Crippen LogP contribution in [0.25, 0.3) is 11.3 Å². The number of allylic oxidation sites excluding steroid dienone is 2. The van der Waals surface area contributed by atoms with Gasteiger partial charge in [-0.15, -0.1) is 0 Å². The number of nitrogens with zero attached hydrogens (tertiary/aromatic N) is 1. The molecule has 190 valence electrons. The quantitative estimate of drug-likeness (QED) is 0.141. The van der Waals surface area contributed by atoms with Crippen LogP contribution < -0.4 is 4.74 Å². The van der Waals surface area contributed by atoms with Gasteiger partial charge in [-0.3, -0.25) is 14.6 Å². The lowest BCUT2D eigenvalue weighted by Crippen LogP contribution is -2.14. The second-order valence-corrected chi connectivity index (χ2v) is 8.96. The molecular weight excluding hydrogens is 438 g/mol. The van der Waals surface area contributed by atoms with E-state index >= 15 is 0 Å². The third-order valence-electron chi connectivity index (χ3n) is 5.82. The fourth-order valence-electron chi connectivity index (χ4n) is 3.65. The van der Waals surface area contributed by atoms with Crippen molar-refractivity contribution in [2.24, 2.45) is 0 Å². The molecule has 0 aliphatic heterocycles. The Morgan fingerprint density at radius 1 is 0.914 bits per heavy atom. The van der Waals surface area contributed by atoms with E-state index in [9.17, 15) is 9.59 Å². The molecule has 0 saturated carbocycles. The van der Waals surface area contributed by atoms with Crippen molar-refractivity contribution < 1.29 is 19.1 Å². The summed E-state index contributed by atoms with van der Waals surface area (Å²) >= 11 is 0. The van der Waals surface area contributed by atoms with Crippen molar-refractivity contribution in [2.75, 3.05) is 0 Å². The fourth-order valence-corrected chi connectivity index (χ4v) is 3.65. The zero-order chi connectivity index (χ0) is 25.3. The van der Waals surface area contributed by atoms with Gasteiger partial charge in [0.1, 0.15) is 5.75 Å². The minimum atomic E-state index is -0.213. The molecule has 0 spiro atoms. The molecule has 0 fully saturated rings. The minimum absolute atomic E-state index is 0.0868. The third-order valence-corrected chi connectivity index (χ3v) is 5.82. The molecule has 1 unspecified atom stereocenters. The number of aryl methyl sites for hydroxylation is 1. The number of benzene rings is 1. The highest BCUT2D eigenvalue weighted by Gasteiger charge is 2.09. The molecule has 0 amide bonds. The van der Waals surface area contributed by atoms with Crippen molar-refractivity contribution in [3.05, 3.63) is 60.3 Å². The second-order valence-electron chi connectivity index (χ2n) is 8.96. The number of pyridine rings is 1. The number of hydrogen-bond donors (Lipinski definition) is 0. The number of rotatable bonds is 16. The minimum Gasteiger partial charge on any atom is -0.463 e. The molecular formula is C30H41NO4. The van der Waals surface area contributed by atoms with Gasteiger partial charge in [0.2, 0.25) is 0 Å². The Hall–Kier alpha value is -2.95. The molecule has 2 aromatic rings. The van der Waals surface area contributed by atoms with Crippen LogP contribution >= 0.6 is 0 Å². The normalized spacial score (nSPS) is 12.0. The van der Waals surface area contributed by atoms with Gasteiger partial charge >= 0.3 is 11.9 Å². The average Bonchev–Trinajstić information content (AvgIpc) is 2.87. The standard InChI is InChI=1S/C30H41NO4/c1-4-6-7-8-9-10-11-12-13-14-30(33)35-27-21-22-28(31-23-27)26-19-17-25(18-20-26)16-15-24(3)34-29(32)5-2/h9-10,17-24H,4-8,11-16H2,1-3H3. The van der Waals surface area contributed by atoms with Crippen molar-refractivity contribution in [3.8, 4) is 17.0 Å². The average molecular weight is 480 g/mol. The summed E-state index contributed by atoms with van der Waals surface area (Å²) in [5, 5.41) is 0. The van der Waals surface area contributed by atoms with Crippen LogP contribution in [0.4, 0.5) is 0 Å². The van der Waals surface area contributed by atoms with Crippen LogP contribution in [0, 0.1) is 0 Å². The Morgan fingerprint density at radius 3 is 2.26 bits per heavy atom. The molecule has 5 heteroatoms. The number of ether oxygens (including phenoxy) is 2. The third kappa shape index (κ3) is 11.8. The van der Waals surface area contributed by atoms with Gasteiger partial charge in [0.05, 0.1) is 18.0 Å². The highest BCUT2D eigenvalue weighted by Crippen LogP contribution is 2.21. The summed E-state index contributed by atoms with van der Waals surface area (Å²) in [6, 6.07) is 11.9. The molecule has 5 nitrogen and oxygen atoms in total. The highest BCUT2D eigenvalue weighted by molar-refractivity contribution is 5.72. The van der Waals surface area contributed by atoms with Gasteiger partial charge in [-0.1, -0.05) is 63.1 Å². The smallest absolute Gasteiger partial charge is 0.311 e.